The number of rotatable bonds is 3. The SMILES string of the molecule is I.NC(=NCC1CCCOC1)NC1CCCCC1. The van der Waals surface area contributed by atoms with E-state index in [1.54, 1.807) is 0 Å². The molecule has 0 aromatic rings. The fraction of sp³-hybridized carbons (Fsp3) is 0.923. The van der Waals surface area contributed by atoms with Gasteiger partial charge in [-0.1, -0.05) is 19.3 Å². The summed E-state index contributed by atoms with van der Waals surface area (Å²) in [6.07, 6.45) is 8.87. The molecule has 2 aliphatic rings. The van der Waals surface area contributed by atoms with Crippen LogP contribution in [0.2, 0.25) is 0 Å². The molecule has 0 bridgehead atoms. The smallest absolute Gasteiger partial charge is 0.188 e. The Bertz CT molecular complexity index is 249. The maximum Gasteiger partial charge on any atom is 0.188 e. The molecular formula is C13H26IN3O. The third-order valence-corrected chi connectivity index (χ3v) is 3.73. The topological polar surface area (TPSA) is 59.6 Å². The number of halogens is 1. The lowest BCUT2D eigenvalue weighted by atomic mass is 9.96. The van der Waals surface area contributed by atoms with Gasteiger partial charge in [0, 0.05) is 25.1 Å². The van der Waals surface area contributed by atoms with E-state index >= 15 is 0 Å². The molecule has 0 spiro atoms. The van der Waals surface area contributed by atoms with Gasteiger partial charge in [-0.15, -0.1) is 24.0 Å². The van der Waals surface area contributed by atoms with Crippen molar-refractivity contribution in [2.75, 3.05) is 19.8 Å². The van der Waals surface area contributed by atoms with Crippen molar-refractivity contribution in [1.82, 2.24) is 5.32 Å². The van der Waals surface area contributed by atoms with Crippen LogP contribution in [0.4, 0.5) is 0 Å². The number of guanidine groups is 1. The van der Waals surface area contributed by atoms with Crippen molar-refractivity contribution in [3.05, 3.63) is 0 Å². The first-order chi connectivity index (χ1) is 8.34. The summed E-state index contributed by atoms with van der Waals surface area (Å²) in [5.74, 6) is 1.19. The summed E-state index contributed by atoms with van der Waals surface area (Å²) in [5.41, 5.74) is 5.92. The van der Waals surface area contributed by atoms with Crippen LogP contribution in [0.25, 0.3) is 0 Å². The molecule has 2 rings (SSSR count). The van der Waals surface area contributed by atoms with E-state index in [4.69, 9.17) is 10.5 Å². The first-order valence-corrected chi connectivity index (χ1v) is 6.99. The number of nitrogens with two attached hydrogens (primary N) is 1. The van der Waals surface area contributed by atoms with Crippen LogP contribution in [0.15, 0.2) is 4.99 Å². The highest BCUT2D eigenvalue weighted by atomic mass is 127. The van der Waals surface area contributed by atoms with Gasteiger partial charge in [0.2, 0.25) is 0 Å². The van der Waals surface area contributed by atoms with E-state index in [1.807, 2.05) is 0 Å². The normalized spacial score (nSPS) is 26.4. The number of aliphatic imine (C=N–C) groups is 1. The van der Waals surface area contributed by atoms with E-state index in [1.165, 1.54) is 38.5 Å². The number of nitrogens with zero attached hydrogens (tertiary/aromatic N) is 1. The molecular weight excluding hydrogens is 341 g/mol. The van der Waals surface area contributed by atoms with Crippen LogP contribution in [-0.2, 0) is 4.74 Å². The molecule has 4 nitrogen and oxygen atoms in total. The highest BCUT2D eigenvalue weighted by Gasteiger charge is 2.15. The Balaban J connectivity index is 0.00000162. The first kappa shape index (κ1) is 16.0. The van der Waals surface area contributed by atoms with Crippen LogP contribution in [0.3, 0.4) is 0 Å². The molecule has 1 aliphatic carbocycles. The minimum Gasteiger partial charge on any atom is -0.381 e. The molecule has 1 heterocycles. The van der Waals surface area contributed by atoms with Crippen LogP contribution < -0.4 is 11.1 Å². The molecule has 1 atom stereocenters. The van der Waals surface area contributed by atoms with E-state index < -0.39 is 0 Å². The lowest BCUT2D eigenvalue weighted by Crippen LogP contribution is -2.41. The van der Waals surface area contributed by atoms with Crippen molar-refractivity contribution in [1.29, 1.82) is 0 Å². The number of hydrogen-bond donors (Lipinski definition) is 2. The minimum atomic E-state index is 0. The highest BCUT2D eigenvalue weighted by molar-refractivity contribution is 14.0. The van der Waals surface area contributed by atoms with E-state index in [2.05, 4.69) is 10.3 Å². The Kier molecular flexibility index (Phi) is 7.97. The molecule has 5 heteroatoms. The standard InChI is InChI=1S/C13H25N3O.HI/c14-13(16-12-6-2-1-3-7-12)15-9-11-5-4-8-17-10-11;/h11-12H,1-10H2,(H3,14,15,16);1H. The average Bonchev–Trinajstić information content (AvgIpc) is 2.39. The summed E-state index contributed by atoms with van der Waals surface area (Å²) in [6.45, 7) is 2.57. The van der Waals surface area contributed by atoms with Crippen molar-refractivity contribution in [3.63, 3.8) is 0 Å². The maximum atomic E-state index is 5.92. The van der Waals surface area contributed by atoms with Gasteiger partial charge in [0.05, 0.1) is 6.61 Å². The molecule has 1 saturated carbocycles. The third kappa shape index (κ3) is 5.73. The van der Waals surface area contributed by atoms with Gasteiger partial charge in [0.15, 0.2) is 5.96 Å². The number of ether oxygens (including phenoxy) is 1. The summed E-state index contributed by atoms with van der Waals surface area (Å²) < 4.78 is 5.43. The molecule has 1 unspecified atom stereocenters. The second-order valence-electron chi connectivity index (χ2n) is 5.29. The summed E-state index contributed by atoms with van der Waals surface area (Å²) >= 11 is 0. The highest BCUT2D eigenvalue weighted by Crippen LogP contribution is 2.17. The zero-order chi connectivity index (χ0) is 11.9. The zero-order valence-electron chi connectivity index (χ0n) is 11.1. The summed E-state index contributed by atoms with van der Waals surface area (Å²) in [6, 6.07) is 0.551. The van der Waals surface area contributed by atoms with Crippen LogP contribution >= 0.6 is 24.0 Å². The second kappa shape index (κ2) is 8.96. The first-order valence-electron chi connectivity index (χ1n) is 6.99. The fourth-order valence-electron chi connectivity index (χ4n) is 2.68. The maximum absolute atomic E-state index is 5.92. The number of nitrogens with one attached hydrogen (secondary N) is 1. The molecule has 0 aromatic heterocycles. The molecule has 0 radical (unpaired) electrons. The molecule has 0 amide bonds. The quantitative estimate of drug-likeness (QED) is 0.457. The van der Waals surface area contributed by atoms with Crippen molar-refractivity contribution in [2.45, 2.75) is 51.0 Å². The molecule has 18 heavy (non-hydrogen) atoms. The largest absolute Gasteiger partial charge is 0.381 e. The van der Waals surface area contributed by atoms with Gasteiger partial charge in [-0.2, -0.15) is 0 Å². The average molecular weight is 367 g/mol. The predicted molar refractivity (Wildman–Crippen MR) is 85.5 cm³/mol. The van der Waals surface area contributed by atoms with Crippen LogP contribution in [0.1, 0.15) is 44.9 Å². The molecule has 2 fully saturated rings. The predicted octanol–water partition coefficient (Wildman–Crippen LogP) is 2.27. The Morgan fingerprint density at radius 1 is 1.17 bits per heavy atom. The lowest BCUT2D eigenvalue weighted by molar-refractivity contribution is 0.0582. The van der Waals surface area contributed by atoms with Gasteiger partial charge in [0.1, 0.15) is 0 Å². The molecule has 0 aromatic carbocycles. The Labute approximate surface area is 127 Å². The van der Waals surface area contributed by atoms with Gasteiger partial charge >= 0.3 is 0 Å². The van der Waals surface area contributed by atoms with E-state index in [0.717, 1.165) is 26.2 Å². The van der Waals surface area contributed by atoms with Crippen molar-refractivity contribution in [3.8, 4) is 0 Å². The second-order valence-corrected chi connectivity index (χ2v) is 5.29. The monoisotopic (exact) mass is 367 g/mol. The summed E-state index contributed by atoms with van der Waals surface area (Å²) in [4.78, 5) is 4.45. The number of hydrogen-bond acceptors (Lipinski definition) is 2. The Morgan fingerprint density at radius 2 is 1.94 bits per heavy atom. The third-order valence-electron chi connectivity index (χ3n) is 3.73. The van der Waals surface area contributed by atoms with Gasteiger partial charge in [-0.05, 0) is 25.7 Å². The van der Waals surface area contributed by atoms with Crippen molar-refractivity contribution in [2.24, 2.45) is 16.6 Å². The van der Waals surface area contributed by atoms with Crippen LogP contribution in [0, 0.1) is 5.92 Å². The van der Waals surface area contributed by atoms with Gasteiger partial charge in [0.25, 0.3) is 0 Å². The zero-order valence-corrected chi connectivity index (χ0v) is 13.4. The van der Waals surface area contributed by atoms with Gasteiger partial charge < -0.3 is 15.8 Å². The van der Waals surface area contributed by atoms with E-state index in [9.17, 15) is 0 Å². The van der Waals surface area contributed by atoms with Crippen LogP contribution in [0.5, 0.6) is 0 Å². The Morgan fingerprint density at radius 3 is 2.61 bits per heavy atom. The summed E-state index contributed by atoms with van der Waals surface area (Å²) in [5, 5.41) is 3.35. The van der Waals surface area contributed by atoms with Gasteiger partial charge in [-0.3, -0.25) is 4.99 Å². The minimum absolute atomic E-state index is 0. The Hall–Kier alpha value is -0.0400. The van der Waals surface area contributed by atoms with Crippen molar-refractivity contribution >= 4 is 29.9 Å². The molecule has 1 saturated heterocycles. The van der Waals surface area contributed by atoms with E-state index in [-0.39, 0.29) is 24.0 Å². The van der Waals surface area contributed by atoms with Gasteiger partial charge in [-0.25, -0.2) is 0 Å². The van der Waals surface area contributed by atoms with E-state index in [0.29, 0.717) is 17.9 Å². The van der Waals surface area contributed by atoms with Crippen LogP contribution in [-0.4, -0.2) is 31.8 Å². The fourth-order valence-corrected chi connectivity index (χ4v) is 2.68. The lowest BCUT2D eigenvalue weighted by Gasteiger charge is -2.24. The molecule has 3 N–H and O–H groups in total. The van der Waals surface area contributed by atoms with Crippen molar-refractivity contribution < 1.29 is 4.74 Å². The molecule has 106 valence electrons. The summed E-state index contributed by atoms with van der Waals surface area (Å²) in [7, 11) is 0. The molecule has 1 aliphatic heterocycles.